The molecular weight excluding hydrogens is 186 g/mol. The fourth-order valence-corrected chi connectivity index (χ4v) is 2.29. The van der Waals surface area contributed by atoms with E-state index in [1.165, 1.54) is 0 Å². The van der Waals surface area contributed by atoms with Crippen molar-refractivity contribution in [2.75, 3.05) is 13.1 Å². The molecule has 0 saturated heterocycles. The summed E-state index contributed by atoms with van der Waals surface area (Å²) in [6.45, 7) is 15.6. The Morgan fingerprint density at radius 2 is 1.67 bits per heavy atom. The third-order valence-electron chi connectivity index (χ3n) is 3.34. The first-order chi connectivity index (χ1) is 6.89. The van der Waals surface area contributed by atoms with Crippen molar-refractivity contribution in [3.63, 3.8) is 0 Å². The standard InChI is InChI=1S/C12H29N3/c1-7-15(8-2)12(5,6)11(14-13)9-10(3)4/h10-11,14H,7-9,13H2,1-6H3. The minimum absolute atomic E-state index is 0.114. The first-order valence-corrected chi connectivity index (χ1v) is 6.11. The predicted octanol–water partition coefficient (Wildman–Crippen LogP) is 1.98. The van der Waals surface area contributed by atoms with Gasteiger partial charge in [0.1, 0.15) is 0 Å². The maximum absolute atomic E-state index is 5.68. The van der Waals surface area contributed by atoms with Gasteiger partial charge >= 0.3 is 0 Å². The van der Waals surface area contributed by atoms with Crippen LogP contribution in [0.5, 0.6) is 0 Å². The average molecular weight is 215 g/mol. The van der Waals surface area contributed by atoms with E-state index in [4.69, 9.17) is 5.84 Å². The van der Waals surface area contributed by atoms with Crippen molar-refractivity contribution >= 4 is 0 Å². The van der Waals surface area contributed by atoms with Crippen LogP contribution in [0.1, 0.15) is 48.0 Å². The maximum Gasteiger partial charge on any atom is 0.0391 e. The Morgan fingerprint density at radius 3 is 1.93 bits per heavy atom. The largest absolute Gasteiger partial charge is 0.297 e. The van der Waals surface area contributed by atoms with Crippen molar-refractivity contribution in [1.29, 1.82) is 0 Å². The third kappa shape index (κ3) is 4.09. The summed E-state index contributed by atoms with van der Waals surface area (Å²) in [7, 11) is 0. The van der Waals surface area contributed by atoms with Gasteiger partial charge in [0.05, 0.1) is 0 Å². The van der Waals surface area contributed by atoms with Gasteiger partial charge in [0.25, 0.3) is 0 Å². The SMILES string of the molecule is CCN(CC)C(C)(C)C(CC(C)C)NN. The molecule has 0 aromatic carbocycles. The molecule has 3 N–H and O–H groups in total. The van der Waals surface area contributed by atoms with Crippen LogP contribution in [0.4, 0.5) is 0 Å². The number of rotatable bonds is 7. The summed E-state index contributed by atoms with van der Waals surface area (Å²) in [5, 5.41) is 0. The summed E-state index contributed by atoms with van der Waals surface area (Å²) in [5.74, 6) is 6.35. The molecule has 0 aliphatic rings. The number of nitrogens with one attached hydrogen (secondary N) is 1. The zero-order chi connectivity index (χ0) is 12.1. The lowest BCUT2D eigenvalue weighted by atomic mass is 9.86. The topological polar surface area (TPSA) is 41.3 Å². The number of hydrazine groups is 1. The zero-order valence-electron chi connectivity index (χ0n) is 11.3. The van der Waals surface area contributed by atoms with Crippen molar-refractivity contribution < 1.29 is 0 Å². The van der Waals surface area contributed by atoms with E-state index in [9.17, 15) is 0 Å². The summed E-state index contributed by atoms with van der Waals surface area (Å²) < 4.78 is 0. The van der Waals surface area contributed by atoms with Gasteiger partial charge in [-0.15, -0.1) is 0 Å². The summed E-state index contributed by atoms with van der Waals surface area (Å²) in [5.41, 5.74) is 3.09. The fraction of sp³-hybridized carbons (Fsp3) is 1.00. The van der Waals surface area contributed by atoms with Gasteiger partial charge in [-0.2, -0.15) is 0 Å². The van der Waals surface area contributed by atoms with Gasteiger partial charge in [-0.25, -0.2) is 0 Å². The number of nitrogens with zero attached hydrogens (tertiary/aromatic N) is 1. The Morgan fingerprint density at radius 1 is 1.20 bits per heavy atom. The molecule has 0 heterocycles. The summed E-state index contributed by atoms with van der Waals surface area (Å²) in [4.78, 5) is 2.46. The second-order valence-electron chi connectivity index (χ2n) is 5.17. The van der Waals surface area contributed by atoms with Crippen LogP contribution in [0.25, 0.3) is 0 Å². The van der Waals surface area contributed by atoms with Gasteiger partial charge in [0, 0.05) is 11.6 Å². The molecule has 0 aromatic heterocycles. The van der Waals surface area contributed by atoms with E-state index < -0.39 is 0 Å². The van der Waals surface area contributed by atoms with E-state index in [1.54, 1.807) is 0 Å². The van der Waals surface area contributed by atoms with Gasteiger partial charge in [0.15, 0.2) is 0 Å². The zero-order valence-corrected chi connectivity index (χ0v) is 11.3. The number of hydrogen-bond acceptors (Lipinski definition) is 3. The van der Waals surface area contributed by atoms with E-state index in [2.05, 4.69) is 51.9 Å². The van der Waals surface area contributed by atoms with Gasteiger partial charge in [-0.05, 0) is 39.3 Å². The van der Waals surface area contributed by atoms with Gasteiger partial charge in [-0.1, -0.05) is 27.7 Å². The van der Waals surface area contributed by atoms with E-state index in [-0.39, 0.29) is 5.54 Å². The molecule has 0 fully saturated rings. The van der Waals surface area contributed by atoms with E-state index >= 15 is 0 Å². The maximum atomic E-state index is 5.68. The van der Waals surface area contributed by atoms with Crippen LogP contribution < -0.4 is 11.3 Å². The van der Waals surface area contributed by atoms with Crippen molar-refractivity contribution in [3.8, 4) is 0 Å². The van der Waals surface area contributed by atoms with Crippen LogP contribution in [-0.4, -0.2) is 29.6 Å². The molecule has 15 heavy (non-hydrogen) atoms. The molecule has 0 bridgehead atoms. The molecule has 3 nitrogen and oxygen atoms in total. The molecule has 0 radical (unpaired) electrons. The normalized spacial score (nSPS) is 15.0. The predicted molar refractivity (Wildman–Crippen MR) is 67.6 cm³/mol. The number of hydrogen-bond donors (Lipinski definition) is 2. The van der Waals surface area contributed by atoms with E-state index in [0.29, 0.717) is 12.0 Å². The van der Waals surface area contributed by atoms with Crippen molar-refractivity contribution in [3.05, 3.63) is 0 Å². The quantitative estimate of drug-likeness (QED) is 0.504. The van der Waals surface area contributed by atoms with Crippen LogP contribution in [0, 0.1) is 5.92 Å². The van der Waals surface area contributed by atoms with Crippen LogP contribution in [-0.2, 0) is 0 Å². The monoisotopic (exact) mass is 215 g/mol. The molecule has 1 atom stereocenters. The summed E-state index contributed by atoms with van der Waals surface area (Å²) >= 11 is 0. The lowest BCUT2D eigenvalue weighted by Gasteiger charge is -2.43. The molecule has 0 aliphatic heterocycles. The highest BCUT2D eigenvalue weighted by Crippen LogP contribution is 2.23. The molecule has 1 unspecified atom stereocenters. The smallest absolute Gasteiger partial charge is 0.0391 e. The van der Waals surface area contributed by atoms with Gasteiger partial charge in [-0.3, -0.25) is 16.2 Å². The molecule has 0 spiro atoms. The fourth-order valence-electron chi connectivity index (χ4n) is 2.29. The highest BCUT2D eigenvalue weighted by Gasteiger charge is 2.33. The van der Waals surface area contributed by atoms with E-state index in [0.717, 1.165) is 19.5 Å². The average Bonchev–Trinajstić information content (AvgIpc) is 2.15. The Labute approximate surface area is 95.4 Å². The summed E-state index contributed by atoms with van der Waals surface area (Å²) in [6, 6.07) is 0.345. The van der Waals surface area contributed by atoms with Crippen LogP contribution >= 0.6 is 0 Å². The molecule has 0 aromatic rings. The van der Waals surface area contributed by atoms with E-state index in [1.807, 2.05) is 0 Å². The van der Waals surface area contributed by atoms with Gasteiger partial charge < -0.3 is 0 Å². The number of likely N-dealkylation sites (N-methyl/N-ethyl adjacent to an activating group) is 1. The van der Waals surface area contributed by atoms with Crippen molar-refractivity contribution in [2.45, 2.75) is 59.5 Å². The minimum atomic E-state index is 0.114. The molecule has 0 aliphatic carbocycles. The molecular formula is C12H29N3. The number of nitrogens with two attached hydrogens (primary N) is 1. The molecule has 0 rings (SSSR count). The highest BCUT2D eigenvalue weighted by molar-refractivity contribution is 4.92. The Balaban J connectivity index is 4.61. The molecule has 92 valence electrons. The highest BCUT2D eigenvalue weighted by atomic mass is 15.3. The van der Waals surface area contributed by atoms with Crippen molar-refractivity contribution in [1.82, 2.24) is 10.3 Å². The van der Waals surface area contributed by atoms with Crippen LogP contribution in [0.2, 0.25) is 0 Å². The van der Waals surface area contributed by atoms with Gasteiger partial charge in [0.2, 0.25) is 0 Å². The lowest BCUT2D eigenvalue weighted by molar-refractivity contribution is 0.0821. The first-order valence-electron chi connectivity index (χ1n) is 6.11. The lowest BCUT2D eigenvalue weighted by Crippen LogP contribution is -2.59. The Hall–Kier alpha value is -0.120. The van der Waals surface area contributed by atoms with Crippen LogP contribution in [0.3, 0.4) is 0 Å². The minimum Gasteiger partial charge on any atom is -0.297 e. The molecule has 3 heteroatoms. The van der Waals surface area contributed by atoms with Crippen molar-refractivity contribution in [2.24, 2.45) is 11.8 Å². The van der Waals surface area contributed by atoms with Crippen LogP contribution in [0.15, 0.2) is 0 Å². The first kappa shape index (κ1) is 14.9. The Bertz CT molecular complexity index is 162. The second-order valence-corrected chi connectivity index (χ2v) is 5.17. The molecule has 0 saturated carbocycles. The Kier molecular flexibility index (Phi) is 6.41. The molecule has 0 amide bonds. The summed E-state index contributed by atoms with van der Waals surface area (Å²) in [6.07, 6.45) is 1.11. The third-order valence-corrected chi connectivity index (χ3v) is 3.34. The second kappa shape index (κ2) is 6.46.